The smallest absolute Gasteiger partial charge is 0.134 e. The molecule has 0 N–H and O–H groups in total. The van der Waals surface area contributed by atoms with Gasteiger partial charge >= 0.3 is 0 Å². The molecule has 3 aromatic rings. The van der Waals surface area contributed by atoms with Crippen molar-refractivity contribution in [1.29, 1.82) is 0 Å². The molecular weight excluding hydrogens is 260 g/mol. The average Bonchev–Trinajstić information content (AvgIpc) is 2.78. The second-order valence-electron chi connectivity index (χ2n) is 5.45. The lowest BCUT2D eigenvalue weighted by Gasteiger charge is -2.04. The fourth-order valence-corrected chi connectivity index (χ4v) is 2.60. The highest BCUT2D eigenvalue weighted by molar-refractivity contribution is 5.78. The van der Waals surface area contributed by atoms with Crippen molar-refractivity contribution >= 4 is 16.8 Å². The Morgan fingerprint density at radius 2 is 1.71 bits per heavy atom. The molecule has 21 heavy (non-hydrogen) atoms. The molecule has 0 aliphatic carbocycles. The van der Waals surface area contributed by atoms with Crippen LogP contribution in [-0.2, 0) is 24.7 Å². The maximum Gasteiger partial charge on any atom is 0.134 e. The number of imidazole rings is 1. The molecule has 0 aliphatic rings. The monoisotopic (exact) mass is 278 g/mol. The lowest BCUT2D eigenvalue weighted by molar-refractivity contribution is -0.116. The molecule has 0 atom stereocenters. The zero-order valence-corrected chi connectivity index (χ0v) is 12.3. The number of hydrogen-bond donors (Lipinski definition) is 0. The van der Waals surface area contributed by atoms with Gasteiger partial charge in [-0.2, -0.15) is 0 Å². The highest BCUT2D eigenvalue weighted by Gasteiger charge is 2.08. The molecule has 106 valence electrons. The summed E-state index contributed by atoms with van der Waals surface area (Å²) in [5.41, 5.74) is 4.46. The van der Waals surface area contributed by atoms with Crippen LogP contribution < -0.4 is 0 Å². The molecule has 0 spiro atoms. The molecule has 3 nitrogen and oxygen atoms in total. The van der Waals surface area contributed by atoms with Gasteiger partial charge in [0.2, 0.25) is 0 Å². The lowest BCUT2D eigenvalue weighted by atomic mass is 10.1. The topological polar surface area (TPSA) is 34.9 Å². The Labute approximate surface area is 124 Å². The van der Waals surface area contributed by atoms with Gasteiger partial charge in [-0.15, -0.1) is 0 Å². The van der Waals surface area contributed by atoms with Crippen LogP contribution in [0.2, 0.25) is 0 Å². The quantitative estimate of drug-likeness (QED) is 0.734. The van der Waals surface area contributed by atoms with Gasteiger partial charge in [0, 0.05) is 19.9 Å². The maximum absolute atomic E-state index is 11.1. The summed E-state index contributed by atoms with van der Waals surface area (Å²) in [5.74, 6) is 1.24. The molecule has 3 rings (SSSR count). The van der Waals surface area contributed by atoms with E-state index in [1.54, 1.807) is 6.92 Å². The number of rotatable bonds is 4. The third kappa shape index (κ3) is 2.87. The molecule has 1 heterocycles. The van der Waals surface area contributed by atoms with Crippen molar-refractivity contribution < 1.29 is 4.79 Å². The molecule has 3 heteroatoms. The van der Waals surface area contributed by atoms with Crippen molar-refractivity contribution in [3.63, 3.8) is 0 Å². The Morgan fingerprint density at radius 1 is 1.05 bits per heavy atom. The Bertz CT molecular complexity index is 785. The van der Waals surface area contributed by atoms with E-state index < -0.39 is 0 Å². The molecule has 2 aromatic carbocycles. The first-order valence-electron chi connectivity index (χ1n) is 7.11. The minimum absolute atomic E-state index is 0.193. The molecule has 0 unspecified atom stereocenters. The summed E-state index contributed by atoms with van der Waals surface area (Å²) in [6.45, 7) is 1.62. The van der Waals surface area contributed by atoms with E-state index in [1.165, 1.54) is 5.56 Å². The first-order valence-corrected chi connectivity index (χ1v) is 7.11. The van der Waals surface area contributed by atoms with Gasteiger partial charge in [0.25, 0.3) is 0 Å². The molecule has 1 aromatic heterocycles. The third-order valence-electron chi connectivity index (χ3n) is 3.72. The number of ketones is 1. The van der Waals surface area contributed by atoms with E-state index in [0.717, 1.165) is 28.8 Å². The van der Waals surface area contributed by atoms with Gasteiger partial charge in [0.15, 0.2) is 0 Å². The van der Waals surface area contributed by atoms with E-state index >= 15 is 0 Å². The molecular formula is C18H18N2O. The van der Waals surface area contributed by atoms with Crippen LogP contribution in [0.4, 0.5) is 0 Å². The van der Waals surface area contributed by atoms with Crippen molar-refractivity contribution in [2.75, 3.05) is 0 Å². The van der Waals surface area contributed by atoms with E-state index in [9.17, 15) is 4.79 Å². The van der Waals surface area contributed by atoms with E-state index in [0.29, 0.717) is 6.42 Å². The number of Topliss-reactive ketones (excluding diaryl/α,β-unsaturated/α-hetero) is 1. The Kier molecular flexibility index (Phi) is 3.57. The van der Waals surface area contributed by atoms with Crippen LogP contribution in [0.5, 0.6) is 0 Å². The highest BCUT2D eigenvalue weighted by Crippen LogP contribution is 2.17. The van der Waals surface area contributed by atoms with Crippen molar-refractivity contribution in [2.24, 2.45) is 7.05 Å². The SMILES string of the molecule is CC(=O)Cc1ccc(Cc2nc3ccccc3n2C)cc1. The van der Waals surface area contributed by atoms with Crippen LogP contribution in [0.25, 0.3) is 11.0 Å². The van der Waals surface area contributed by atoms with Crippen molar-refractivity contribution in [3.05, 3.63) is 65.5 Å². The van der Waals surface area contributed by atoms with E-state index in [1.807, 2.05) is 30.3 Å². The number of aromatic nitrogens is 2. The summed E-state index contributed by atoms with van der Waals surface area (Å²) in [6, 6.07) is 16.4. The lowest BCUT2D eigenvalue weighted by Crippen LogP contribution is -2.00. The predicted molar refractivity (Wildman–Crippen MR) is 84.3 cm³/mol. The fraction of sp³-hybridized carbons (Fsp3) is 0.222. The summed E-state index contributed by atoms with van der Waals surface area (Å²) in [5, 5.41) is 0. The average molecular weight is 278 g/mol. The summed E-state index contributed by atoms with van der Waals surface area (Å²) in [7, 11) is 2.05. The van der Waals surface area contributed by atoms with Crippen LogP contribution in [0, 0.1) is 0 Å². The van der Waals surface area contributed by atoms with Crippen LogP contribution in [0.15, 0.2) is 48.5 Å². The molecule has 0 saturated carbocycles. The molecule has 0 aliphatic heterocycles. The summed E-state index contributed by atoms with van der Waals surface area (Å²) in [6.07, 6.45) is 1.30. The summed E-state index contributed by atoms with van der Waals surface area (Å²) < 4.78 is 2.14. The molecule has 0 fully saturated rings. The van der Waals surface area contributed by atoms with E-state index in [4.69, 9.17) is 0 Å². The third-order valence-corrected chi connectivity index (χ3v) is 3.72. The second-order valence-corrected chi connectivity index (χ2v) is 5.45. The molecule has 0 radical (unpaired) electrons. The first-order chi connectivity index (χ1) is 10.1. The minimum Gasteiger partial charge on any atom is -0.331 e. The Balaban J connectivity index is 1.85. The van der Waals surface area contributed by atoms with Crippen LogP contribution >= 0.6 is 0 Å². The van der Waals surface area contributed by atoms with Crippen molar-refractivity contribution in [2.45, 2.75) is 19.8 Å². The number of carbonyl (C=O) groups is 1. The zero-order valence-electron chi connectivity index (χ0n) is 12.3. The predicted octanol–water partition coefficient (Wildman–Crippen LogP) is 3.30. The largest absolute Gasteiger partial charge is 0.331 e. The van der Waals surface area contributed by atoms with Gasteiger partial charge in [-0.05, 0) is 30.2 Å². The normalized spacial score (nSPS) is 11.0. The van der Waals surface area contributed by atoms with Crippen molar-refractivity contribution in [1.82, 2.24) is 9.55 Å². The number of hydrogen-bond acceptors (Lipinski definition) is 2. The number of nitrogens with zero attached hydrogens (tertiary/aromatic N) is 2. The summed E-state index contributed by atoms with van der Waals surface area (Å²) in [4.78, 5) is 15.8. The molecule has 0 saturated heterocycles. The van der Waals surface area contributed by atoms with Crippen LogP contribution in [-0.4, -0.2) is 15.3 Å². The van der Waals surface area contributed by atoms with Gasteiger partial charge in [-0.1, -0.05) is 36.4 Å². The van der Waals surface area contributed by atoms with E-state index in [-0.39, 0.29) is 5.78 Å². The molecule has 0 amide bonds. The first kappa shape index (κ1) is 13.6. The number of para-hydroxylation sites is 2. The number of benzene rings is 2. The Hall–Kier alpha value is -2.42. The summed E-state index contributed by atoms with van der Waals surface area (Å²) >= 11 is 0. The Morgan fingerprint density at radius 3 is 2.38 bits per heavy atom. The van der Waals surface area contributed by atoms with Gasteiger partial charge in [0.05, 0.1) is 11.0 Å². The van der Waals surface area contributed by atoms with Crippen LogP contribution in [0.3, 0.4) is 0 Å². The fourth-order valence-electron chi connectivity index (χ4n) is 2.60. The maximum atomic E-state index is 11.1. The van der Waals surface area contributed by atoms with Gasteiger partial charge < -0.3 is 4.57 Å². The van der Waals surface area contributed by atoms with Crippen molar-refractivity contribution in [3.8, 4) is 0 Å². The molecule has 0 bridgehead atoms. The number of fused-ring (bicyclic) bond motifs is 1. The highest BCUT2D eigenvalue weighted by atomic mass is 16.1. The standard InChI is InChI=1S/C18H18N2O/c1-13(21)11-14-7-9-15(10-8-14)12-18-19-16-5-3-4-6-17(16)20(18)2/h3-10H,11-12H2,1-2H3. The minimum atomic E-state index is 0.193. The number of carbonyl (C=O) groups excluding carboxylic acids is 1. The van der Waals surface area contributed by atoms with Gasteiger partial charge in [-0.25, -0.2) is 4.98 Å². The van der Waals surface area contributed by atoms with E-state index in [2.05, 4.69) is 34.8 Å². The number of aryl methyl sites for hydroxylation is 1. The second kappa shape index (κ2) is 5.52. The van der Waals surface area contributed by atoms with Crippen LogP contribution in [0.1, 0.15) is 23.9 Å². The zero-order chi connectivity index (χ0) is 14.8. The van der Waals surface area contributed by atoms with Gasteiger partial charge in [-0.3, -0.25) is 4.79 Å². The van der Waals surface area contributed by atoms with Gasteiger partial charge in [0.1, 0.15) is 11.6 Å².